The minimum Gasteiger partial charge on any atom is -0.303 e. The molecular formula is C9H20N2. The SMILES string of the molecule is CC.CN1CC2CC(C1)N2C. The van der Waals surface area contributed by atoms with Crippen molar-refractivity contribution in [3.63, 3.8) is 0 Å². The van der Waals surface area contributed by atoms with Gasteiger partial charge >= 0.3 is 0 Å². The fraction of sp³-hybridized carbons (Fsp3) is 1.00. The van der Waals surface area contributed by atoms with Gasteiger partial charge in [-0.2, -0.15) is 0 Å². The van der Waals surface area contributed by atoms with E-state index in [9.17, 15) is 0 Å². The van der Waals surface area contributed by atoms with E-state index in [4.69, 9.17) is 0 Å². The predicted molar refractivity (Wildman–Crippen MR) is 48.8 cm³/mol. The highest BCUT2D eigenvalue weighted by Gasteiger charge is 2.40. The number of hydrogen-bond acceptors (Lipinski definition) is 2. The van der Waals surface area contributed by atoms with E-state index in [0.717, 1.165) is 12.1 Å². The first kappa shape index (κ1) is 9.01. The minimum atomic E-state index is 0.883. The molecule has 0 aromatic rings. The third-order valence-corrected chi connectivity index (χ3v) is 2.74. The lowest BCUT2D eigenvalue weighted by Crippen LogP contribution is -2.66. The number of piperazine rings is 1. The molecule has 3 rings (SSSR count). The second-order valence-electron chi connectivity index (χ2n) is 3.43. The fourth-order valence-corrected chi connectivity index (χ4v) is 2.01. The molecule has 2 heteroatoms. The Morgan fingerprint density at radius 1 is 1.00 bits per heavy atom. The third kappa shape index (κ3) is 1.57. The normalized spacial score (nSPS) is 37.1. The Labute approximate surface area is 70.2 Å². The Hall–Kier alpha value is -0.0800. The highest BCUT2D eigenvalue weighted by atomic mass is 15.3. The van der Waals surface area contributed by atoms with Crippen molar-refractivity contribution in [2.24, 2.45) is 0 Å². The van der Waals surface area contributed by atoms with Crippen molar-refractivity contribution in [1.82, 2.24) is 9.80 Å². The van der Waals surface area contributed by atoms with Crippen LogP contribution in [0.4, 0.5) is 0 Å². The summed E-state index contributed by atoms with van der Waals surface area (Å²) >= 11 is 0. The van der Waals surface area contributed by atoms with Gasteiger partial charge < -0.3 is 4.90 Å². The summed E-state index contributed by atoms with van der Waals surface area (Å²) < 4.78 is 0. The van der Waals surface area contributed by atoms with Gasteiger partial charge in [-0.25, -0.2) is 0 Å². The second-order valence-corrected chi connectivity index (χ2v) is 3.43. The van der Waals surface area contributed by atoms with Crippen molar-refractivity contribution < 1.29 is 0 Å². The average Bonchev–Trinajstić information content (AvgIpc) is 2.07. The smallest absolute Gasteiger partial charge is 0.0238 e. The molecule has 2 nitrogen and oxygen atoms in total. The molecule has 0 aromatic carbocycles. The molecule has 0 radical (unpaired) electrons. The summed E-state index contributed by atoms with van der Waals surface area (Å²) in [6.45, 7) is 6.57. The molecule has 3 fully saturated rings. The Bertz CT molecular complexity index is 113. The van der Waals surface area contributed by atoms with E-state index < -0.39 is 0 Å². The lowest BCUT2D eigenvalue weighted by molar-refractivity contribution is -0.0408. The van der Waals surface area contributed by atoms with Crippen LogP contribution in [0.1, 0.15) is 20.3 Å². The molecule has 0 N–H and O–H groups in total. The van der Waals surface area contributed by atoms with Gasteiger partial charge in [0, 0.05) is 25.2 Å². The molecule has 0 aromatic heterocycles. The Morgan fingerprint density at radius 2 is 1.45 bits per heavy atom. The van der Waals surface area contributed by atoms with Crippen molar-refractivity contribution in [2.75, 3.05) is 27.2 Å². The largest absolute Gasteiger partial charge is 0.303 e. The summed E-state index contributed by atoms with van der Waals surface area (Å²) in [5, 5.41) is 0. The van der Waals surface area contributed by atoms with Gasteiger partial charge in [0.1, 0.15) is 0 Å². The summed E-state index contributed by atoms with van der Waals surface area (Å²) in [4.78, 5) is 4.93. The quantitative estimate of drug-likeness (QED) is 0.517. The first-order valence-corrected chi connectivity index (χ1v) is 4.68. The molecule has 0 spiro atoms. The molecule has 2 bridgehead atoms. The molecule has 11 heavy (non-hydrogen) atoms. The van der Waals surface area contributed by atoms with Crippen LogP contribution in [0.15, 0.2) is 0 Å². The van der Waals surface area contributed by atoms with E-state index in [1.165, 1.54) is 19.5 Å². The molecule has 3 aliphatic rings. The van der Waals surface area contributed by atoms with Crippen LogP contribution in [0.25, 0.3) is 0 Å². The maximum absolute atomic E-state index is 2.50. The zero-order valence-electron chi connectivity index (χ0n) is 8.17. The molecular weight excluding hydrogens is 136 g/mol. The monoisotopic (exact) mass is 156 g/mol. The van der Waals surface area contributed by atoms with Crippen molar-refractivity contribution >= 4 is 0 Å². The Kier molecular flexibility index (Phi) is 2.90. The zero-order chi connectivity index (χ0) is 8.43. The number of rotatable bonds is 0. The van der Waals surface area contributed by atoms with Gasteiger partial charge in [-0.15, -0.1) is 0 Å². The Balaban J connectivity index is 0.000000281. The molecule has 2 atom stereocenters. The van der Waals surface area contributed by atoms with Gasteiger partial charge in [-0.1, -0.05) is 13.8 Å². The van der Waals surface area contributed by atoms with Crippen LogP contribution in [0.2, 0.25) is 0 Å². The molecule has 3 saturated heterocycles. The molecule has 0 saturated carbocycles. The highest BCUT2D eigenvalue weighted by Crippen LogP contribution is 2.28. The predicted octanol–water partition coefficient (Wildman–Crippen LogP) is 1.03. The van der Waals surface area contributed by atoms with E-state index in [1.807, 2.05) is 13.8 Å². The van der Waals surface area contributed by atoms with E-state index in [-0.39, 0.29) is 0 Å². The van der Waals surface area contributed by atoms with Crippen LogP contribution in [0.5, 0.6) is 0 Å². The molecule has 3 heterocycles. The van der Waals surface area contributed by atoms with Gasteiger partial charge in [0.25, 0.3) is 0 Å². The third-order valence-electron chi connectivity index (χ3n) is 2.74. The lowest BCUT2D eigenvalue weighted by Gasteiger charge is -2.54. The zero-order valence-corrected chi connectivity index (χ0v) is 8.17. The van der Waals surface area contributed by atoms with E-state index in [2.05, 4.69) is 23.9 Å². The van der Waals surface area contributed by atoms with Gasteiger partial charge in [0.2, 0.25) is 0 Å². The van der Waals surface area contributed by atoms with Crippen molar-refractivity contribution in [3.8, 4) is 0 Å². The lowest BCUT2D eigenvalue weighted by atomic mass is 9.89. The van der Waals surface area contributed by atoms with E-state index in [1.54, 1.807) is 0 Å². The number of hydrogen-bond donors (Lipinski definition) is 0. The summed E-state index contributed by atoms with van der Waals surface area (Å²) in [6.07, 6.45) is 1.45. The summed E-state index contributed by atoms with van der Waals surface area (Å²) in [7, 11) is 4.46. The molecule has 0 aliphatic carbocycles. The van der Waals surface area contributed by atoms with Crippen LogP contribution in [0.3, 0.4) is 0 Å². The van der Waals surface area contributed by atoms with Crippen molar-refractivity contribution in [1.29, 1.82) is 0 Å². The van der Waals surface area contributed by atoms with E-state index >= 15 is 0 Å². The van der Waals surface area contributed by atoms with Gasteiger partial charge in [0.15, 0.2) is 0 Å². The van der Waals surface area contributed by atoms with Crippen LogP contribution >= 0.6 is 0 Å². The molecule has 3 aliphatic heterocycles. The standard InChI is InChI=1S/C7H14N2.C2H6/c1-8-4-6-3-7(5-8)9(6)2;1-2/h6-7H,3-5H2,1-2H3;1-2H3. The van der Waals surface area contributed by atoms with Gasteiger partial charge in [-0.3, -0.25) is 4.90 Å². The molecule has 66 valence electrons. The summed E-state index contributed by atoms with van der Waals surface area (Å²) in [5.41, 5.74) is 0. The maximum Gasteiger partial charge on any atom is 0.0238 e. The summed E-state index contributed by atoms with van der Waals surface area (Å²) in [6, 6.07) is 1.77. The topological polar surface area (TPSA) is 6.48 Å². The molecule has 2 unspecified atom stereocenters. The van der Waals surface area contributed by atoms with Crippen LogP contribution in [0, 0.1) is 0 Å². The maximum atomic E-state index is 2.50. The number of nitrogens with zero attached hydrogens (tertiary/aromatic N) is 2. The minimum absolute atomic E-state index is 0.883. The van der Waals surface area contributed by atoms with Gasteiger partial charge in [-0.05, 0) is 20.5 Å². The fourth-order valence-electron chi connectivity index (χ4n) is 2.01. The number of likely N-dealkylation sites (N-methyl/N-ethyl adjacent to an activating group) is 2. The van der Waals surface area contributed by atoms with Crippen LogP contribution in [-0.4, -0.2) is 49.1 Å². The van der Waals surface area contributed by atoms with Crippen molar-refractivity contribution in [3.05, 3.63) is 0 Å². The Morgan fingerprint density at radius 3 is 1.73 bits per heavy atom. The average molecular weight is 156 g/mol. The number of piperidine rings is 1. The second kappa shape index (κ2) is 3.55. The molecule has 0 amide bonds. The van der Waals surface area contributed by atoms with Crippen LogP contribution in [-0.2, 0) is 0 Å². The van der Waals surface area contributed by atoms with Gasteiger partial charge in [0.05, 0.1) is 0 Å². The van der Waals surface area contributed by atoms with Crippen LogP contribution < -0.4 is 0 Å². The number of fused-ring (bicyclic) bond motifs is 2. The van der Waals surface area contributed by atoms with E-state index in [0.29, 0.717) is 0 Å². The van der Waals surface area contributed by atoms with Crippen molar-refractivity contribution in [2.45, 2.75) is 32.4 Å². The summed E-state index contributed by atoms with van der Waals surface area (Å²) in [5.74, 6) is 0. The first-order valence-electron chi connectivity index (χ1n) is 4.68. The highest BCUT2D eigenvalue weighted by molar-refractivity contribution is 4.97. The first-order chi connectivity index (χ1) is 5.27.